The van der Waals surface area contributed by atoms with Gasteiger partial charge in [0.05, 0.1) is 19.8 Å². The number of carbonyl (C=O) groups is 1. The molecule has 5 heteroatoms. The van der Waals surface area contributed by atoms with Gasteiger partial charge in [-0.25, -0.2) is 0 Å². The van der Waals surface area contributed by atoms with Gasteiger partial charge in [0.2, 0.25) is 0 Å². The second-order valence-corrected chi connectivity index (χ2v) is 5.19. The molecule has 110 valence electrons. The lowest BCUT2D eigenvalue weighted by Crippen LogP contribution is -2.45. The normalized spacial score (nSPS) is 14.6. The Kier molecular flexibility index (Phi) is 5.12. The highest BCUT2D eigenvalue weighted by Gasteiger charge is 2.30. The molecule has 1 aliphatic rings. The smallest absolute Gasteiger partial charge is 0.258 e. The number of hydrogen-bond acceptors (Lipinski definition) is 3. The fourth-order valence-corrected chi connectivity index (χ4v) is 2.63. The van der Waals surface area contributed by atoms with E-state index >= 15 is 0 Å². The predicted molar refractivity (Wildman–Crippen MR) is 78.9 cm³/mol. The van der Waals surface area contributed by atoms with Gasteiger partial charge >= 0.3 is 0 Å². The van der Waals surface area contributed by atoms with Crippen molar-refractivity contribution in [1.82, 2.24) is 4.90 Å². The first kappa shape index (κ1) is 15.0. The molecule has 2 rings (SSSR count). The number of amides is 1. The van der Waals surface area contributed by atoms with E-state index in [4.69, 9.17) is 21.1 Å². The largest absolute Gasteiger partial charge is 0.493 e. The number of para-hydroxylation sites is 1. The molecule has 0 unspecified atom stereocenters. The summed E-state index contributed by atoms with van der Waals surface area (Å²) in [7, 11) is 3.11. The van der Waals surface area contributed by atoms with E-state index in [9.17, 15) is 4.79 Å². The van der Waals surface area contributed by atoms with E-state index in [1.807, 2.05) is 4.90 Å². The first-order valence-corrected chi connectivity index (χ1v) is 7.34. The molecule has 4 nitrogen and oxygen atoms in total. The molecule has 0 spiro atoms. The van der Waals surface area contributed by atoms with Gasteiger partial charge in [-0.3, -0.25) is 4.79 Å². The van der Waals surface area contributed by atoms with Crippen molar-refractivity contribution in [3.05, 3.63) is 23.8 Å². The molecule has 0 bridgehead atoms. The zero-order valence-corrected chi connectivity index (χ0v) is 12.7. The monoisotopic (exact) mass is 297 g/mol. The quantitative estimate of drug-likeness (QED) is 0.758. The van der Waals surface area contributed by atoms with Gasteiger partial charge in [0.25, 0.3) is 5.91 Å². The molecule has 0 radical (unpaired) electrons. The van der Waals surface area contributed by atoms with Crippen molar-refractivity contribution in [1.29, 1.82) is 0 Å². The van der Waals surface area contributed by atoms with Crippen LogP contribution in [0, 0.1) is 0 Å². The Bertz CT molecular complexity index is 474. The van der Waals surface area contributed by atoms with Crippen LogP contribution in [-0.2, 0) is 0 Å². The van der Waals surface area contributed by atoms with Crippen LogP contribution < -0.4 is 9.47 Å². The van der Waals surface area contributed by atoms with Gasteiger partial charge < -0.3 is 14.4 Å². The molecular weight excluding hydrogens is 278 g/mol. The van der Waals surface area contributed by atoms with E-state index < -0.39 is 0 Å². The molecular formula is C15H20ClNO3. The van der Waals surface area contributed by atoms with Crippen LogP contribution in [0.2, 0.25) is 0 Å². The van der Waals surface area contributed by atoms with Crippen LogP contribution in [0.15, 0.2) is 18.2 Å². The van der Waals surface area contributed by atoms with Crippen LogP contribution in [-0.4, -0.2) is 43.5 Å². The number of halogens is 1. The number of rotatable bonds is 6. The highest BCUT2D eigenvalue weighted by Crippen LogP contribution is 2.33. The molecule has 0 heterocycles. The van der Waals surface area contributed by atoms with Crippen molar-refractivity contribution in [2.45, 2.75) is 25.3 Å². The number of carbonyl (C=O) groups excluding carboxylic acids is 1. The van der Waals surface area contributed by atoms with Gasteiger partial charge in [-0.15, -0.1) is 11.6 Å². The summed E-state index contributed by atoms with van der Waals surface area (Å²) in [6.07, 6.45) is 3.27. The lowest BCUT2D eigenvalue weighted by atomic mass is 9.91. The van der Waals surface area contributed by atoms with Crippen molar-refractivity contribution < 1.29 is 14.3 Å². The maximum absolute atomic E-state index is 12.7. The number of ether oxygens (including phenoxy) is 2. The van der Waals surface area contributed by atoms with Crippen LogP contribution in [0.4, 0.5) is 0 Å². The Morgan fingerprint density at radius 3 is 2.60 bits per heavy atom. The molecule has 0 aromatic heterocycles. The van der Waals surface area contributed by atoms with Crippen molar-refractivity contribution in [3.8, 4) is 11.5 Å². The van der Waals surface area contributed by atoms with E-state index in [0.29, 0.717) is 35.5 Å². The molecule has 0 aliphatic heterocycles. The summed E-state index contributed by atoms with van der Waals surface area (Å²) >= 11 is 5.84. The highest BCUT2D eigenvalue weighted by atomic mass is 35.5. The number of hydrogen-bond donors (Lipinski definition) is 0. The molecule has 0 atom stereocenters. The maximum Gasteiger partial charge on any atom is 0.258 e. The summed E-state index contributed by atoms with van der Waals surface area (Å²) in [5.41, 5.74) is 0.531. The average molecular weight is 298 g/mol. The third-order valence-electron chi connectivity index (χ3n) is 3.74. The standard InChI is InChI=1S/C15H20ClNO3/c1-19-13-8-4-7-12(14(13)20-2)15(18)17(10-9-16)11-5-3-6-11/h4,7-8,11H,3,5-6,9-10H2,1-2H3. The van der Waals surface area contributed by atoms with Crippen molar-refractivity contribution >= 4 is 17.5 Å². The zero-order chi connectivity index (χ0) is 14.5. The second-order valence-electron chi connectivity index (χ2n) is 4.81. The summed E-state index contributed by atoms with van der Waals surface area (Å²) in [6, 6.07) is 5.65. The van der Waals surface area contributed by atoms with E-state index in [1.54, 1.807) is 32.4 Å². The van der Waals surface area contributed by atoms with Crippen LogP contribution in [0.3, 0.4) is 0 Å². The number of methoxy groups -OCH3 is 2. The van der Waals surface area contributed by atoms with Gasteiger partial charge in [-0.2, -0.15) is 0 Å². The summed E-state index contributed by atoms with van der Waals surface area (Å²) in [4.78, 5) is 14.6. The molecule has 1 fully saturated rings. The van der Waals surface area contributed by atoms with Crippen LogP contribution in [0.1, 0.15) is 29.6 Å². The van der Waals surface area contributed by atoms with E-state index in [0.717, 1.165) is 12.8 Å². The second kappa shape index (κ2) is 6.84. The van der Waals surface area contributed by atoms with Gasteiger partial charge in [-0.1, -0.05) is 6.07 Å². The molecule has 0 N–H and O–H groups in total. The third kappa shape index (κ3) is 2.85. The first-order valence-electron chi connectivity index (χ1n) is 6.80. The predicted octanol–water partition coefficient (Wildman–Crippen LogP) is 2.94. The molecule has 0 saturated heterocycles. The van der Waals surface area contributed by atoms with E-state index in [1.165, 1.54) is 6.42 Å². The lowest BCUT2D eigenvalue weighted by molar-refractivity contribution is 0.0594. The lowest BCUT2D eigenvalue weighted by Gasteiger charge is -2.37. The Morgan fingerprint density at radius 1 is 1.35 bits per heavy atom. The van der Waals surface area contributed by atoms with Gasteiger partial charge in [0, 0.05) is 18.5 Å². The Labute approximate surface area is 124 Å². The SMILES string of the molecule is COc1cccc(C(=O)N(CCCl)C2CCC2)c1OC. The topological polar surface area (TPSA) is 38.8 Å². The summed E-state index contributed by atoms with van der Waals surface area (Å²) < 4.78 is 10.6. The molecule has 1 saturated carbocycles. The van der Waals surface area contributed by atoms with Gasteiger partial charge in [0.15, 0.2) is 11.5 Å². The van der Waals surface area contributed by atoms with Crippen molar-refractivity contribution in [2.75, 3.05) is 26.6 Å². The summed E-state index contributed by atoms with van der Waals surface area (Å²) in [5, 5.41) is 0. The minimum Gasteiger partial charge on any atom is -0.493 e. The molecule has 1 amide bonds. The van der Waals surface area contributed by atoms with Crippen molar-refractivity contribution in [3.63, 3.8) is 0 Å². The molecule has 1 aromatic carbocycles. The Balaban J connectivity index is 2.30. The van der Waals surface area contributed by atoms with Crippen LogP contribution in [0.5, 0.6) is 11.5 Å². The highest BCUT2D eigenvalue weighted by molar-refractivity contribution is 6.18. The summed E-state index contributed by atoms with van der Waals surface area (Å²) in [6.45, 7) is 0.561. The van der Waals surface area contributed by atoms with Gasteiger partial charge in [-0.05, 0) is 31.4 Å². The van der Waals surface area contributed by atoms with Crippen molar-refractivity contribution in [2.24, 2.45) is 0 Å². The third-order valence-corrected chi connectivity index (χ3v) is 3.90. The van der Waals surface area contributed by atoms with Gasteiger partial charge in [0.1, 0.15) is 0 Å². The fraction of sp³-hybridized carbons (Fsp3) is 0.533. The minimum atomic E-state index is -0.0360. The molecule has 20 heavy (non-hydrogen) atoms. The first-order chi connectivity index (χ1) is 9.72. The van der Waals surface area contributed by atoms with Crippen LogP contribution in [0.25, 0.3) is 0 Å². The maximum atomic E-state index is 12.7. The zero-order valence-electron chi connectivity index (χ0n) is 11.9. The fourth-order valence-electron chi connectivity index (χ4n) is 2.45. The van der Waals surface area contributed by atoms with E-state index in [2.05, 4.69) is 0 Å². The Morgan fingerprint density at radius 2 is 2.10 bits per heavy atom. The average Bonchev–Trinajstić information content (AvgIpc) is 2.43. The Hall–Kier alpha value is -1.42. The molecule has 1 aromatic rings. The number of benzene rings is 1. The number of alkyl halides is 1. The van der Waals surface area contributed by atoms with Crippen LogP contribution >= 0.6 is 11.6 Å². The minimum absolute atomic E-state index is 0.0360. The number of nitrogens with zero attached hydrogens (tertiary/aromatic N) is 1. The molecule has 1 aliphatic carbocycles. The van der Waals surface area contributed by atoms with E-state index in [-0.39, 0.29) is 5.91 Å². The summed E-state index contributed by atoms with van der Waals surface area (Å²) in [5.74, 6) is 1.46.